The van der Waals surface area contributed by atoms with Crippen molar-refractivity contribution >= 4 is 17.5 Å². The first-order valence-corrected chi connectivity index (χ1v) is 8.97. The first-order valence-electron chi connectivity index (χ1n) is 8.60. The molecule has 3 rings (SSSR count). The van der Waals surface area contributed by atoms with Crippen LogP contribution in [0.2, 0.25) is 5.02 Å². The maximum Gasteiger partial charge on any atom is 0.224 e. The zero-order valence-electron chi connectivity index (χ0n) is 14.1. The second-order valence-corrected chi connectivity index (χ2v) is 6.97. The van der Waals surface area contributed by atoms with E-state index >= 15 is 0 Å². The zero-order chi connectivity index (χ0) is 17.6. The van der Waals surface area contributed by atoms with Gasteiger partial charge in [0.05, 0.1) is 6.42 Å². The molecule has 1 N–H and O–H groups in total. The highest BCUT2D eigenvalue weighted by atomic mass is 35.5. The fraction of sp³-hybridized carbons (Fsp3) is 0.350. The Hall–Kier alpha value is -1.91. The molecule has 2 aromatic carbocycles. The lowest BCUT2D eigenvalue weighted by Gasteiger charge is -2.33. The van der Waals surface area contributed by atoms with E-state index in [2.05, 4.69) is 10.2 Å². The largest absolute Gasteiger partial charge is 0.352 e. The van der Waals surface area contributed by atoms with Gasteiger partial charge < -0.3 is 5.32 Å². The van der Waals surface area contributed by atoms with Crippen LogP contribution in [0.3, 0.4) is 0 Å². The van der Waals surface area contributed by atoms with Crippen molar-refractivity contribution in [3.8, 4) is 0 Å². The predicted molar refractivity (Wildman–Crippen MR) is 98.0 cm³/mol. The predicted octanol–water partition coefficient (Wildman–Crippen LogP) is 3.80. The molecule has 0 radical (unpaired) electrons. The number of halogens is 2. The van der Waals surface area contributed by atoms with Crippen molar-refractivity contribution in [1.82, 2.24) is 10.2 Å². The molecule has 1 fully saturated rings. The molecule has 2 aromatic rings. The van der Waals surface area contributed by atoms with E-state index in [9.17, 15) is 9.18 Å². The van der Waals surface area contributed by atoms with Gasteiger partial charge in [-0.1, -0.05) is 41.9 Å². The molecule has 1 aliphatic rings. The molecule has 1 atom stereocenters. The Morgan fingerprint density at radius 2 is 1.96 bits per heavy atom. The summed E-state index contributed by atoms with van der Waals surface area (Å²) in [6.07, 6.45) is 2.31. The van der Waals surface area contributed by atoms with Crippen LogP contribution in [0.1, 0.15) is 24.0 Å². The van der Waals surface area contributed by atoms with E-state index in [0.717, 1.165) is 31.5 Å². The summed E-state index contributed by atoms with van der Waals surface area (Å²) in [4.78, 5) is 14.5. The number of benzene rings is 2. The molecule has 0 saturated carbocycles. The van der Waals surface area contributed by atoms with Gasteiger partial charge in [0.1, 0.15) is 5.82 Å². The van der Waals surface area contributed by atoms with Crippen LogP contribution in [0.25, 0.3) is 0 Å². The Labute approximate surface area is 152 Å². The molecule has 5 heteroatoms. The molecular weight excluding hydrogens is 339 g/mol. The lowest BCUT2D eigenvalue weighted by atomic mass is 10.0. The summed E-state index contributed by atoms with van der Waals surface area (Å²) < 4.78 is 13.8. The molecule has 0 spiro atoms. The van der Waals surface area contributed by atoms with E-state index in [1.165, 1.54) is 6.07 Å². The molecule has 1 heterocycles. The fourth-order valence-electron chi connectivity index (χ4n) is 3.25. The topological polar surface area (TPSA) is 32.3 Å². The molecule has 25 heavy (non-hydrogen) atoms. The van der Waals surface area contributed by atoms with Gasteiger partial charge in [0.15, 0.2) is 0 Å². The average molecular weight is 361 g/mol. The molecule has 1 saturated heterocycles. The van der Waals surface area contributed by atoms with Crippen molar-refractivity contribution in [1.29, 1.82) is 0 Å². The van der Waals surface area contributed by atoms with Crippen LogP contribution in [0.5, 0.6) is 0 Å². The highest BCUT2D eigenvalue weighted by molar-refractivity contribution is 6.30. The summed E-state index contributed by atoms with van der Waals surface area (Å²) in [5.41, 5.74) is 1.65. The maximum absolute atomic E-state index is 13.8. The Morgan fingerprint density at radius 3 is 2.72 bits per heavy atom. The third kappa shape index (κ3) is 5.28. The quantitative estimate of drug-likeness (QED) is 0.879. The second kappa shape index (κ2) is 8.45. The van der Waals surface area contributed by atoms with Gasteiger partial charge in [-0.2, -0.15) is 0 Å². The van der Waals surface area contributed by atoms with Crippen molar-refractivity contribution in [2.45, 2.75) is 31.8 Å². The van der Waals surface area contributed by atoms with Crippen molar-refractivity contribution in [2.75, 3.05) is 13.1 Å². The van der Waals surface area contributed by atoms with Gasteiger partial charge in [-0.15, -0.1) is 0 Å². The van der Waals surface area contributed by atoms with Crippen LogP contribution >= 0.6 is 11.6 Å². The van der Waals surface area contributed by atoms with Crippen molar-refractivity contribution in [2.24, 2.45) is 0 Å². The van der Waals surface area contributed by atoms with Crippen LogP contribution in [-0.2, 0) is 17.8 Å². The average Bonchev–Trinajstić information content (AvgIpc) is 2.59. The van der Waals surface area contributed by atoms with Crippen LogP contribution in [-0.4, -0.2) is 29.9 Å². The summed E-state index contributed by atoms with van der Waals surface area (Å²) >= 11 is 5.86. The standard InChI is InChI=1S/C20H22ClFN2O/c21-17-9-7-15(8-10-17)12-20(25)23-18-5-3-11-24(14-18)13-16-4-1-2-6-19(16)22/h1-2,4,6-10,18H,3,5,11-14H2,(H,23,25)/t18-/m1/s1. The Bertz CT molecular complexity index is 720. The Morgan fingerprint density at radius 1 is 1.20 bits per heavy atom. The highest BCUT2D eigenvalue weighted by Gasteiger charge is 2.22. The van der Waals surface area contributed by atoms with Crippen molar-refractivity contribution in [3.05, 3.63) is 70.5 Å². The van der Waals surface area contributed by atoms with Crippen LogP contribution < -0.4 is 5.32 Å². The third-order valence-corrected chi connectivity index (χ3v) is 4.75. The summed E-state index contributed by atoms with van der Waals surface area (Å²) in [5.74, 6) is -0.156. The smallest absolute Gasteiger partial charge is 0.224 e. The lowest BCUT2D eigenvalue weighted by molar-refractivity contribution is -0.121. The molecule has 132 valence electrons. The maximum atomic E-state index is 13.8. The van der Waals surface area contributed by atoms with E-state index in [4.69, 9.17) is 11.6 Å². The zero-order valence-corrected chi connectivity index (χ0v) is 14.8. The van der Waals surface area contributed by atoms with Gasteiger partial charge in [-0.3, -0.25) is 9.69 Å². The van der Waals surface area contributed by atoms with Gasteiger partial charge in [0, 0.05) is 29.7 Å². The number of likely N-dealkylation sites (tertiary alicyclic amines) is 1. The number of nitrogens with one attached hydrogen (secondary N) is 1. The van der Waals surface area contributed by atoms with E-state index in [1.807, 2.05) is 24.3 Å². The highest BCUT2D eigenvalue weighted by Crippen LogP contribution is 2.16. The van der Waals surface area contributed by atoms with Gasteiger partial charge in [0.2, 0.25) is 5.91 Å². The summed E-state index contributed by atoms with van der Waals surface area (Å²) in [5, 5.41) is 3.77. The van der Waals surface area contributed by atoms with Gasteiger partial charge in [-0.05, 0) is 43.1 Å². The minimum atomic E-state index is -0.170. The molecule has 1 amide bonds. The summed E-state index contributed by atoms with van der Waals surface area (Å²) in [7, 11) is 0. The van der Waals surface area contributed by atoms with E-state index in [-0.39, 0.29) is 17.8 Å². The number of nitrogens with zero attached hydrogens (tertiary/aromatic N) is 1. The van der Waals surface area contributed by atoms with Crippen LogP contribution in [0.4, 0.5) is 4.39 Å². The molecule has 0 aromatic heterocycles. The van der Waals surface area contributed by atoms with Gasteiger partial charge in [-0.25, -0.2) is 4.39 Å². The van der Waals surface area contributed by atoms with E-state index < -0.39 is 0 Å². The van der Waals surface area contributed by atoms with Crippen molar-refractivity contribution < 1.29 is 9.18 Å². The Kier molecular flexibility index (Phi) is 6.05. The number of hydrogen-bond donors (Lipinski definition) is 1. The third-order valence-electron chi connectivity index (χ3n) is 4.50. The number of carbonyl (C=O) groups excluding carboxylic acids is 1. The minimum Gasteiger partial charge on any atom is -0.352 e. The molecule has 0 bridgehead atoms. The van der Waals surface area contributed by atoms with Crippen LogP contribution in [0, 0.1) is 5.82 Å². The molecule has 0 aliphatic carbocycles. The van der Waals surface area contributed by atoms with Gasteiger partial charge in [0.25, 0.3) is 0 Å². The first kappa shape index (κ1) is 17.9. The fourth-order valence-corrected chi connectivity index (χ4v) is 3.38. The monoisotopic (exact) mass is 360 g/mol. The van der Waals surface area contributed by atoms with E-state index in [0.29, 0.717) is 23.6 Å². The number of carbonyl (C=O) groups is 1. The Balaban J connectivity index is 1.52. The summed E-state index contributed by atoms with van der Waals surface area (Å²) in [6, 6.07) is 14.3. The number of amides is 1. The molecule has 0 unspecified atom stereocenters. The minimum absolute atomic E-state index is 0.0139. The number of hydrogen-bond acceptors (Lipinski definition) is 2. The lowest BCUT2D eigenvalue weighted by Crippen LogP contribution is -2.47. The van der Waals surface area contributed by atoms with Crippen molar-refractivity contribution in [3.63, 3.8) is 0 Å². The molecular formula is C20H22ClFN2O. The number of rotatable bonds is 5. The first-order chi connectivity index (χ1) is 12.1. The second-order valence-electron chi connectivity index (χ2n) is 6.54. The molecule has 3 nitrogen and oxygen atoms in total. The van der Waals surface area contributed by atoms with Crippen LogP contribution in [0.15, 0.2) is 48.5 Å². The molecule has 1 aliphatic heterocycles. The van der Waals surface area contributed by atoms with E-state index in [1.54, 1.807) is 18.2 Å². The number of piperidine rings is 1. The normalized spacial score (nSPS) is 18.1. The van der Waals surface area contributed by atoms with Gasteiger partial charge >= 0.3 is 0 Å². The SMILES string of the molecule is O=C(Cc1ccc(Cl)cc1)N[C@@H]1CCCN(Cc2ccccc2F)C1. The summed E-state index contributed by atoms with van der Waals surface area (Å²) in [6.45, 7) is 2.26.